The van der Waals surface area contributed by atoms with Crippen LogP contribution in [0, 0.1) is 13.8 Å². The first kappa shape index (κ1) is 20.2. The van der Waals surface area contributed by atoms with Gasteiger partial charge in [-0.25, -0.2) is 4.98 Å². The van der Waals surface area contributed by atoms with Crippen LogP contribution in [-0.4, -0.2) is 76.9 Å². The number of β-amino-alcohol motifs (C(OH)–C–C–N with tert-alkyl or cyclic N) is 1. The lowest BCUT2D eigenvalue weighted by atomic mass is 10.2. The molecule has 8 heteroatoms. The van der Waals surface area contributed by atoms with Crippen LogP contribution in [0.15, 0.2) is 17.4 Å². The first-order valence-electron chi connectivity index (χ1n) is 9.28. The molecular weight excluding hydrogens is 364 g/mol. The van der Waals surface area contributed by atoms with E-state index < -0.39 is 6.10 Å². The molecule has 1 saturated heterocycles. The number of nitrogens with one attached hydrogen (secondary N) is 1. The summed E-state index contributed by atoms with van der Waals surface area (Å²) in [7, 11) is 0. The number of morpholine rings is 1. The first-order chi connectivity index (χ1) is 13.0. The second-order valence-corrected chi connectivity index (χ2v) is 8.23. The molecule has 7 nitrogen and oxygen atoms in total. The normalized spacial score (nSPS) is 16.9. The maximum atomic E-state index is 12.5. The molecule has 3 rings (SSSR count). The highest BCUT2D eigenvalue weighted by atomic mass is 32.1. The maximum Gasteiger partial charge on any atom is 0.259 e. The van der Waals surface area contributed by atoms with Gasteiger partial charge >= 0.3 is 0 Å². The lowest BCUT2D eigenvalue weighted by Crippen LogP contribution is -2.44. The third-order valence-electron chi connectivity index (χ3n) is 4.89. The van der Waals surface area contributed by atoms with E-state index in [-0.39, 0.29) is 5.56 Å². The molecule has 2 aromatic heterocycles. The van der Waals surface area contributed by atoms with Crippen LogP contribution in [0.4, 0.5) is 0 Å². The molecule has 1 aliphatic heterocycles. The molecule has 3 heterocycles. The number of thiophene rings is 1. The van der Waals surface area contributed by atoms with Gasteiger partial charge < -0.3 is 14.8 Å². The minimum atomic E-state index is -0.482. The molecule has 1 atom stereocenters. The third-order valence-corrected chi connectivity index (χ3v) is 5.99. The van der Waals surface area contributed by atoms with Crippen LogP contribution in [0.5, 0.6) is 0 Å². The van der Waals surface area contributed by atoms with Crippen molar-refractivity contribution in [3.05, 3.63) is 39.3 Å². The van der Waals surface area contributed by atoms with Gasteiger partial charge in [-0.05, 0) is 19.4 Å². The Kier molecular flexibility index (Phi) is 6.78. The zero-order valence-corrected chi connectivity index (χ0v) is 16.8. The molecule has 0 amide bonds. The van der Waals surface area contributed by atoms with Crippen LogP contribution in [-0.2, 0) is 11.3 Å². The van der Waals surface area contributed by atoms with Crippen molar-refractivity contribution in [3.8, 4) is 0 Å². The average Bonchev–Trinajstić information content (AvgIpc) is 2.90. The molecule has 148 valence electrons. The molecule has 2 N–H and O–H groups in total. The molecular formula is C19H28N4O3S. The van der Waals surface area contributed by atoms with E-state index in [1.54, 1.807) is 17.4 Å². The predicted octanol–water partition coefficient (Wildman–Crippen LogP) is 1.28. The molecule has 2 aromatic rings. The Morgan fingerprint density at radius 2 is 2.19 bits per heavy atom. The Balaban J connectivity index is 1.69. The summed E-state index contributed by atoms with van der Waals surface area (Å²) in [5.74, 6) is 0.620. The highest BCUT2D eigenvalue weighted by Crippen LogP contribution is 2.25. The minimum absolute atomic E-state index is 0.0933. The van der Waals surface area contributed by atoms with Crippen molar-refractivity contribution in [3.63, 3.8) is 0 Å². The number of hydrogen-bond acceptors (Lipinski definition) is 7. The fourth-order valence-electron chi connectivity index (χ4n) is 3.41. The zero-order chi connectivity index (χ0) is 19.4. The van der Waals surface area contributed by atoms with Gasteiger partial charge in [-0.1, -0.05) is 6.08 Å². The van der Waals surface area contributed by atoms with Crippen molar-refractivity contribution < 1.29 is 9.84 Å². The monoisotopic (exact) mass is 392 g/mol. The summed E-state index contributed by atoms with van der Waals surface area (Å²) in [6.45, 7) is 13.1. The lowest BCUT2D eigenvalue weighted by molar-refractivity contribution is 0.00703. The second-order valence-electron chi connectivity index (χ2n) is 7.03. The largest absolute Gasteiger partial charge is 0.390 e. The van der Waals surface area contributed by atoms with E-state index in [9.17, 15) is 9.90 Å². The van der Waals surface area contributed by atoms with Crippen molar-refractivity contribution >= 4 is 21.6 Å². The van der Waals surface area contributed by atoms with E-state index >= 15 is 0 Å². The van der Waals surface area contributed by atoms with Gasteiger partial charge in [0.15, 0.2) is 0 Å². The fourth-order valence-corrected chi connectivity index (χ4v) is 4.46. The summed E-state index contributed by atoms with van der Waals surface area (Å²) in [6.07, 6.45) is 1.32. The number of aryl methyl sites for hydroxylation is 2. The van der Waals surface area contributed by atoms with Gasteiger partial charge in [0.05, 0.1) is 31.2 Å². The second kappa shape index (κ2) is 9.07. The molecule has 0 aromatic carbocycles. The van der Waals surface area contributed by atoms with E-state index in [1.807, 2.05) is 13.8 Å². The number of rotatable bonds is 8. The lowest BCUT2D eigenvalue weighted by Gasteiger charge is -2.30. The van der Waals surface area contributed by atoms with Crippen LogP contribution in [0.3, 0.4) is 0 Å². The number of fused-ring (bicyclic) bond motifs is 1. The zero-order valence-electron chi connectivity index (χ0n) is 16.0. The van der Waals surface area contributed by atoms with Crippen LogP contribution >= 0.6 is 11.3 Å². The quantitative estimate of drug-likeness (QED) is 0.659. The average molecular weight is 393 g/mol. The first-order valence-corrected chi connectivity index (χ1v) is 10.1. The number of aromatic amines is 1. The summed E-state index contributed by atoms with van der Waals surface area (Å²) < 4.78 is 5.35. The number of aromatic nitrogens is 2. The Morgan fingerprint density at radius 1 is 1.44 bits per heavy atom. The molecule has 0 radical (unpaired) electrons. The van der Waals surface area contributed by atoms with Gasteiger partial charge in [-0.3, -0.25) is 14.6 Å². The van der Waals surface area contributed by atoms with Crippen molar-refractivity contribution in [2.24, 2.45) is 0 Å². The number of aliphatic hydroxyl groups excluding tert-OH is 1. The smallest absolute Gasteiger partial charge is 0.259 e. The van der Waals surface area contributed by atoms with E-state index in [4.69, 9.17) is 4.74 Å². The number of H-pyrrole nitrogens is 1. The van der Waals surface area contributed by atoms with E-state index in [2.05, 4.69) is 26.3 Å². The van der Waals surface area contributed by atoms with Crippen molar-refractivity contribution in [1.29, 1.82) is 0 Å². The molecule has 0 spiro atoms. The predicted molar refractivity (Wildman–Crippen MR) is 108 cm³/mol. The summed E-state index contributed by atoms with van der Waals surface area (Å²) in [5.41, 5.74) is 0.906. The van der Waals surface area contributed by atoms with Crippen molar-refractivity contribution in [1.82, 2.24) is 19.8 Å². The van der Waals surface area contributed by atoms with Crippen LogP contribution in [0.2, 0.25) is 0 Å². The Morgan fingerprint density at radius 3 is 2.89 bits per heavy atom. The van der Waals surface area contributed by atoms with Crippen LogP contribution < -0.4 is 5.56 Å². The van der Waals surface area contributed by atoms with E-state index in [0.717, 1.165) is 28.4 Å². The topological polar surface area (TPSA) is 81.7 Å². The van der Waals surface area contributed by atoms with Gasteiger partial charge in [0.2, 0.25) is 0 Å². The highest BCUT2D eigenvalue weighted by Gasteiger charge is 2.19. The Hall–Kier alpha value is -1.58. The van der Waals surface area contributed by atoms with Gasteiger partial charge in [0.25, 0.3) is 5.56 Å². The standard InChI is InChI=1S/C19H28N4O3S/c1-4-5-23(11-15(24)10-22-6-8-26-9-7-22)12-16-20-18(25)17-13(2)14(3)27-19(17)21-16/h4,15,24H,1,5-12H2,2-3H3,(H,20,21,25). The molecule has 0 bridgehead atoms. The molecule has 1 fully saturated rings. The summed E-state index contributed by atoms with van der Waals surface area (Å²) in [6, 6.07) is 0. The minimum Gasteiger partial charge on any atom is -0.390 e. The SMILES string of the molecule is C=CCN(Cc1nc2sc(C)c(C)c2c(=O)[nH]1)CC(O)CN1CCOCC1. The molecule has 0 aliphatic carbocycles. The summed E-state index contributed by atoms with van der Waals surface area (Å²) >= 11 is 1.55. The maximum absolute atomic E-state index is 12.5. The highest BCUT2D eigenvalue weighted by molar-refractivity contribution is 7.18. The fraction of sp³-hybridized carbons (Fsp3) is 0.579. The Labute approximate surface area is 163 Å². The van der Waals surface area contributed by atoms with Gasteiger partial charge in [-0.2, -0.15) is 0 Å². The summed E-state index contributed by atoms with van der Waals surface area (Å²) in [4.78, 5) is 26.2. The van der Waals surface area contributed by atoms with Gasteiger partial charge in [-0.15, -0.1) is 17.9 Å². The van der Waals surface area contributed by atoms with Crippen LogP contribution in [0.1, 0.15) is 16.3 Å². The van der Waals surface area contributed by atoms with Gasteiger partial charge in [0, 0.05) is 37.6 Å². The van der Waals surface area contributed by atoms with Crippen molar-refractivity contribution in [2.75, 3.05) is 45.9 Å². The Bertz CT molecular complexity index is 841. The molecule has 1 unspecified atom stereocenters. The van der Waals surface area contributed by atoms with E-state index in [1.165, 1.54) is 0 Å². The number of nitrogens with zero attached hydrogens (tertiary/aromatic N) is 3. The van der Waals surface area contributed by atoms with Crippen LogP contribution in [0.25, 0.3) is 10.2 Å². The van der Waals surface area contributed by atoms with Crippen molar-refractivity contribution in [2.45, 2.75) is 26.5 Å². The number of ether oxygens (including phenoxy) is 1. The van der Waals surface area contributed by atoms with Gasteiger partial charge in [0.1, 0.15) is 10.7 Å². The molecule has 0 saturated carbocycles. The summed E-state index contributed by atoms with van der Waals surface area (Å²) in [5, 5.41) is 11.2. The third kappa shape index (κ3) is 5.03. The molecule has 1 aliphatic rings. The van der Waals surface area contributed by atoms with E-state index in [0.29, 0.717) is 50.6 Å². The molecule has 27 heavy (non-hydrogen) atoms. The number of hydrogen-bond donors (Lipinski definition) is 2. The number of aliphatic hydroxyl groups is 1.